The molecule has 3 aromatic rings. The van der Waals surface area contributed by atoms with Crippen LogP contribution in [-0.4, -0.2) is 40.5 Å². The van der Waals surface area contributed by atoms with Gasteiger partial charge >= 0.3 is 0 Å². The quantitative estimate of drug-likeness (QED) is 0.692. The molecule has 0 saturated carbocycles. The maximum absolute atomic E-state index is 12.3. The highest BCUT2D eigenvalue weighted by Crippen LogP contribution is 2.24. The predicted molar refractivity (Wildman–Crippen MR) is 105 cm³/mol. The lowest BCUT2D eigenvalue weighted by atomic mass is 10.1. The summed E-state index contributed by atoms with van der Waals surface area (Å²) in [5.41, 5.74) is 1.09. The number of benzene rings is 1. The van der Waals surface area contributed by atoms with Crippen molar-refractivity contribution in [1.29, 1.82) is 0 Å². The average molecular weight is 371 g/mol. The van der Waals surface area contributed by atoms with E-state index in [2.05, 4.69) is 20.4 Å². The Kier molecular flexibility index (Phi) is 5.07. The molecule has 0 aliphatic heterocycles. The lowest BCUT2D eigenvalue weighted by Gasteiger charge is -2.19. The number of aromatic amines is 1. The topological polar surface area (TPSA) is 94.1 Å². The van der Waals surface area contributed by atoms with Crippen molar-refractivity contribution in [3.05, 3.63) is 40.3 Å². The van der Waals surface area contributed by atoms with Crippen molar-refractivity contribution >= 4 is 17.0 Å². The molecule has 2 heterocycles. The number of fused-ring (bicyclic) bond motifs is 1. The van der Waals surface area contributed by atoms with Crippen molar-refractivity contribution in [3.8, 4) is 11.5 Å². The predicted octanol–water partition coefficient (Wildman–Crippen LogP) is 2.55. The number of anilines is 1. The van der Waals surface area contributed by atoms with Crippen molar-refractivity contribution in [3.63, 3.8) is 0 Å². The first-order chi connectivity index (χ1) is 12.8. The molecule has 2 aromatic heterocycles. The number of aromatic nitrogens is 4. The second kappa shape index (κ2) is 7.30. The van der Waals surface area contributed by atoms with Gasteiger partial charge in [-0.2, -0.15) is 10.1 Å². The first kappa shape index (κ1) is 18.8. The Hall–Kier alpha value is -3.03. The fourth-order valence-corrected chi connectivity index (χ4v) is 2.89. The van der Waals surface area contributed by atoms with Crippen LogP contribution in [-0.2, 0) is 12.0 Å². The molecule has 8 nitrogen and oxygen atoms in total. The van der Waals surface area contributed by atoms with Gasteiger partial charge in [0.2, 0.25) is 5.95 Å². The zero-order valence-electron chi connectivity index (χ0n) is 16.3. The van der Waals surface area contributed by atoms with E-state index >= 15 is 0 Å². The molecule has 0 radical (unpaired) electrons. The van der Waals surface area contributed by atoms with Crippen LogP contribution in [0.5, 0.6) is 11.5 Å². The first-order valence-corrected chi connectivity index (χ1v) is 8.77. The third-order valence-corrected chi connectivity index (χ3v) is 4.25. The van der Waals surface area contributed by atoms with E-state index in [1.807, 2.05) is 39.0 Å². The number of rotatable bonds is 6. The number of ether oxygens (including phenoxy) is 2. The molecule has 2 N–H and O–H groups in total. The summed E-state index contributed by atoms with van der Waals surface area (Å²) in [5.74, 6) is 1.98. The largest absolute Gasteiger partial charge is 0.497 e. The Morgan fingerprint density at radius 2 is 2.00 bits per heavy atom. The zero-order valence-corrected chi connectivity index (χ0v) is 16.3. The molecule has 8 heteroatoms. The smallest absolute Gasteiger partial charge is 0.263 e. The standard InChI is InChI=1S/C19H25N5O3/c1-19(2,3)24-16-14(11-21-24)17(25)23-18(22-16)20-9-8-12-10-13(26-4)6-7-15(12)27-5/h6-7,10-11H,8-9H2,1-5H3,(H2,20,22,23,25). The Morgan fingerprint density at radius 1 is 1.22 bits per heavy atom. The van der Waals surface area contributed by atoms with Crippen LogP contribution in [0.1, 0.15) is 26.3 Å². The summed E-state index contributed by atoms with van der Waals surface area (Å²) in [6.45, 7) is 6.63. The molecule has 1 aromatic carbocycles. The summed E-state index contributed by atoms with van der Waals surface area (Å²) in [6, 6.07) is 5.67. The van der Waals surface area contributed by atoms with Crippen LogP contribution in [0, 0.1) is 0 Å². The molecule has 0 saturated heterocycles. The molecule has 0 amide bonds. The van der Waals surface area contributed by atoms with E-state index in [0.717, 1.165) is 17.1 Å². The van der Waals surface area contributed by atoms with Gasteiger partial charge in [0.1, 0.15) is 16.9 Å². The molecular formula is C19H25N5O3. The fraction of sp³-hybridized carbons (Fsp3) is 0.421. The van der Waals surface area contributed by atoms with Crippen molar-refractivity contribution in [2.45, 2.75) is 32.7 Å². The average Bonchev–Trinajstić information content (AvgIpc) is 3.06. The monoisotopic (exact) mass is 371 g/mol. The molecular weight excluding hydrogens is 346 g/mol. The Bertz CT molecular complexity index is 1000. The number of methoxy groups -OCH3 is 2. The second-order valence-electron chi connectivity index (χ2n) is 7.23. The molecule has 27 heavy (non-hydrogen) atoms. The van der Waals surface area contributed by atoms with E-state index < -0.39 is 0 Å². The van der Waals surface area contributed by atoms with Crippen LogP contribution in [0.25, 0.3) is 11.0 Å². The van der Waals surface area contributed by atoms with Gasteiger partial charge in [-0.25, -0.2) is 4.68 Å². The van der Waals surface area contributed by atoms with Crippen molar-refractivity contribution in [1.82, 2.24) is 19.7 Å². The molecule has 0 fully saturated rings. The van der Waals surface area contributed by atoms with Gasteiger partial charge in [-0.1, -0.05) is 0 Å². The van der Waals surface area contributed by atoms with Crippen molar-refractivity contribution in [2.24, 2.45) is 0 Å². The third-order valence-electron chi connectivity index (χ3n) is 4.25. The number of hydrogen-bond donors (Lipinski definition) is 2. The number of H-pyrrole nitrogens is 1. The summed E-state index contributed by atoms with van der Waals surface area (Å²) in [4.78, 5) is 19.6. The molecule has 144 valence electrons. The van der Waals surface area contributed by atoms with Gasteiger partial charge < -0.3 is 14.8 Å². The molecule has 0 aliphatic carbocycles. The minimum Gasteiger partial charge on any atom is -0.497 e. The minimum absolute atomic E-state index is 0.211. The van der Waals surface area contributed by atoms with Gasteiger partial charge in [0.15, 0.2) is 5.65 Å². The summed E-state index contributed by atoms with van der Waals surface area (Å²) >= 11 is 0. The summed E-state index contributed by atoms with van der Waals surface area (Å²) in [6.07, 6.45) is 2.23. The molecule has 0 atom stereocenters. The van der Waals surface area contributed by atoms with E-state index in [1.54, 1.807) is 25.1 Å². The van der Waals surface area contributed by atoms with Gasteiger partial charge in [0.05, 0.1) is 26.0 Å². The van der Waals surface area contributed by atoms with Crippen LogP contribution in [0.2, 0.25) is 0 Å². The normalized spacial score (nSPS) is 11.6. The number of nitrogens with zero attached hydrogens (tertiary/aromatic N) is 3. The van der Waals surface area contributed by atoms with Crippen LogP contribution in [0.15, 0.2) is 29.2 Å². The van der Waals surface area contributed by atoms with E-state index in [0.29, 0.717) is 29.9 Å². The summed E-state index contributed by atoms with van der Waals surface area (Å²) in [5, 5.41) is 7.97. The number of hydrogen-bond acceptors (Lipinski definition) is 6. The first-order valence-electron chi connectivity index (χ1n) is 8.77. The fourth-order valence-electron chi connectivity index (χ4n) is 2.89. The molecule has 0 spiro atoms. The van der Waals surface area contributed by atoms with Gasteiger partial charge in [0, 0.05) is 6.54 Å². The van der Waals surface area contributed by atoms with Crippen LogP contribution in [0.3, 0.4) is 0 Å². The highest BCUT2D eigenvalue weighted by atomic mass is 16.5. The zero-order chi connectivity index (χ0) is 19.6. The van der Waals surface area contributed by atoms with E-state index in [4.69, 9.17) is 9.47 Å². The van der Waals surface area contributed by atoms with Gasteiger partial charge in [0.25, 0.3) is 5.56 Å². The van der Waals surface area contributed by atoms with Crippen molar-refractivity contribution in [2.75, 3.05) is 26.1 Å². The van der Waals surface area contributed by atoms with E-state index in [1.165, 1.54) is 0 Å². The maximum atomic E-state index is 12.3. The van der Waals surface area contributed by atoms with Gasteiger partial charge in [-0.3, -0.25) is 9.78 Å². The summed E-state index contributed by atoms with van der Waals surface area (Å²) in [7, 11) is 3.27. The molecule has 0 unspecified atom stereocenters. The van der Waals surface area contributed by atoms with Gasteiger partial charge in [-0.15, -0.1) is 0 Å². The lowest BCUT2D eigenvalue weighted by molar-refractivity contribution is 0.366. The third kappa shape index (κ3) is 3.89. The van der Waals surface area contributed by atoms with Crippen LogP contribution in [0.4, 0.5) is 5.95 Å². The molecule has 0 bridgehead atoms. The van der Waals surface area contributed by atoms with Crippen LogP contribution < -0.4 is 20.3 Å². The Morgan fingerprint density at radius 3 is 2.67 bits per heavy atom. The molecule has 0 aliphatic rings. The Labute approximate surface area is 157 Å². The highest BCUT2D eigenvalue weighted by Gasteiger charge is 2.19. The molecule has 3 rings (SSSR count). The van der Waals surface area contributed by atoms with Gasteiger partial charge in [-0.05, 0) is 51.0 Å². The second-order valence-corrected chi connectivity index (χ2v) is 7.23. The van der Waals surface area contributed by atoms with E-state index in [9.17, 15) is 4.79 Å². The number of nitrogens with one attached hydrogen (secondary N) is 2. The minimum atomic E-state index is -0.270. The van der Waals surface area contributed by atoms with E-state index in [-0.39, 0.29) is 11.1 Å². The van der Waals surface area contributed by atoms with Crippen molar-refractivity contribution < 1.29 is 9.47 Å². The lowest BCUT2D eigenvalue weighted by Crippen LogP contribution is -2.24. The maximum Gasteiger partial charge on any atom is 0.263 e. The van der Waals surface area contributed by atoms with Crippen LogP contribution >= 0.6 is 0 Å². The SMILES string of the molecule is COc1ccc(OC)c(CCNc2nc3c(cnn3C(C)(C)C)c(=O)[nH]2)c1. The Balaban J connectivity index is 1.81. The summed E-state index contributed by atoms with van der Waals surface area (Å²) < 4.78 is 12.4. The highest BCUT2D eigenvalue weighted by molar-refractivity contribution is 5.74.